The number of benzene rings is 1. The van der Waals surface area contributed by atoms with Crippen molar-refractivity contribution in [3.63, 3.8) is 0 Å². The van der Waals surface area contributed by atoms with E-state index in [1.165, 1.54) is 0 Å². The molecule has 5 heteroatoms. The van der Waals surface area contributed by atoms with Crippen LogP contribution in [0.25, 0.3) is 0 Å². The zero-order valence-corrected chi connectivity index (χ0v) is 11.3. The molecule has 1 aliphatic rings. The number of piperidine rings is 1. The molecule has 1 unspecified atom stereocenters. The molecule has 0 saturated carbocycles. The lowest BCUT2D eigenvalue weighted by Gasteiger charge is -2.31. The second-order valence-corrected chi connectivity index (χ2v) is 4.99. The first-order chi connectivity index (χ1) is 9.10. The third-order valence-corrected chi connectivity index (χ3v) is 3.39. The number of oxime groups is 1. The first-order valence-corrected chi connectivity index (χ1v) is 6.43. The van der Waals surface area contributed by atoms with Gasteiger partial charge in [0, 0.05) is 31.1 Å². The third kappa shape index (κ3) is 3.24. The predicted molar refractivity (Wildman–Crippen MR) is 74.8 cm³/mol. The van der Waals surface area contributed by atoms with Crippen LogP contribution in [0.1, 0.15) is 18.9 Å². The van der Waals surface area contributed by atoms with E-state index in [1.54, 1.807) is 4.90 Å². The molecule has 1 saturated heterocycles. The molecule has 0 aromatic heterocycles. The summed E-state index contributed by atoms with van der Waals surface area (Å²) in [6.07, 6.45) is 0.624. The zero-order valence-electron chi connectivity index (χ0n) is 11.3. The van der Waals surface area contributed by atoms with E-state index in [2.05, 4.69) is 10.5 Å². The number of aryl methyl sites for hydroxylation is 1. The molecule has 2 rings (SSSR count). The van der Waals surface area contributed by atoms with Crippen molar-refractivity contribution in [1.29, 1.82) is 0 Å². The van der Waals surface area contributed by atoms with Gasteiger partial charge in [0.1, 0.15) is 0 Å². The number of anilines is 1. The highest BCUT2D eigenvalue weighted by Crippen LogP contribution is 2.16. The Balaban J connectivity index is 1.98. The molecule has 1 heterocycles. The van der Waals surface area contributed by atoms with Gasteiger partial charge in [0.05, 0.1) is 5.71 Å². The van der Waals surface area contributed by atoms with Crippen molar-refractivity contribution in [3.8, 4) is 0 Å². The van der Waals surface area contributed by atoms with Crippen LogP contribution in [0, 0.1) is 12.8 Å². The van der Waals surface area contributed by atoms with Crippen LogP contribution in [0.5, 0.6) is 0 Å². The van der Waals surface area contributed by atoms with Gasteiger partial charge in [-0.25, -0.2) is 4.79 Å². The van der Waals surface area contributed by atoms with Gasteiger partial charge in [-0.15, -0.1) is 0 Å². The number of carbonyl (C=O) groups is 1. The van der Waals surface area contributed by atoms with Crippen molar-refractivity contribution in [3.05, 3.63) is 29.8 Å². The molecule has 0 radical (unpaired) electrons. The number of carbonyl (C=O) groups excluding carboxylic acids is 1. The predicted octanol–water partition coefficient (Wildman–Crippen LogP) is 2.70. The van der Waals surface area contributed by atoms with E-state index in [0.717, 1.165) is 17.0 Å². The number of nitrogens with one attached hydrogen (secondary N) is 1. The fraction of sp³-hybridized carbons (Fsp3) is 0.429. The summed E-state index contributed by atoms with van der Waals surface area (Å²) >= 11 is 0. The van der Waals surface area contributed by atoms with Gasteiger partial charge >= 0.3 is 6.03 Å². The lowest BCUT2D eigenvalue weighted by atomic mass is 9.98. The lowest BCUT2D eigenvalue weighted by molar-refractivity contribution is 0.203. The van der Waals surface area contributed by atoms with Crippen LogP contribution in [0.2, 0.25) is 0 Å². The molecule has 0 spiro atoms. The van der Waals surface area contributed by atoms with Gasteiger partial charge in [0.2, 0.25) is 0 Å². The van der Waals surface area contributed by atoms with Gasteiger partial charge in [-0.1, -0.05) is 24.2 Å². The van der Waals surface area contributed by atoms with Gasteiger partial charge in [0.25, 0.3) is 0 Å². The van der Waals surface area contributed by atoms with Gasteiger partial charge in [-0.3, -0.25) is 0 Å². The van der Waals surface area contributed by atoms with Crippen molar-refractivity contribution < 1.29 is 10.0 Å². The minimum Gasteiger partial charge on any atom is -0.411 e. The maximum atomic E-state index is 12.1. The maximum Gasteiger partial charge on any atom is 0.321 e. The van der Waals surface area contributed by atoms with Crippen molar-refractivity contribution in [2.24, 2.45) is 11.1 Å². The Morgan fingerprint density at radius 1 is 1.53 bits per heavy atom. The molecular formula is C14H19N3O2. The fourth-order valence-corrected chi connectivity index (χ4v) is 2.28. The number of hydrogen-bond donors (Lipinski definition) is 2. The van der Waals surface area contributed by atoms with Crippen LogP contribution in [0.15, 0.2) is 29.4 Å². The molecule has 5 nitrogen and oxygen atoms in total. The molecule has 1 aromatic carbocycles. The molecule has 0 aliphatic carbocycles. The van der Waals surface area contributed by atoms with E-state index in [1.807, 2.05) is 38.1 Å². The first-order valence-electron chi connectivity index (χ1n) is 6.43. The Kier molecular flexibility index (Phi) is 4.04. The molecule has 2 N–H and O–H groups in total. The van der Waals surface area contributed by atoms with Gasteiger partial charge < -0.3 is 15.4 Å². The average Bonchev–Trinajstić information content (AvgIpc) is 2.38. The Hall–Kier alpha value is -2.04. The normalized spacial score (nSPS) is 21.5. The molecule has 102 valence electrons. The van der Waals surface area contributed by atoms with Gasteiger partial charge in [-0.05, 0) is 24.6 Å². The zero-order chi connectivity index (χ0) is 13.8. The smallest absolute Gasteiger partial charge is 0.321 e. The summed E-state index contributed by atoms with van der Waals surface area (Å²) in [5.74, 6) is 0.0991. The molecule has 1 atom stereocenters. The number of hydrogen-bond acceptors (Lipinski definition) is 3. The van der Waals surface area contributed by atoms with E-state index >= 15 is 0 Å². The van der Waals surface area contributed by atoms with Crippen LogP contribution in [0.4, 0.5) is 10.5 Å². The highest BCUT2D eigenvalue weighted by atomic mass is 16.4. The number of likely N-dealkylation sites (tertiary alicyclic amines) is 1. The minimum absolute atomic E-state index is 0.0991. The molecular weight excluding hydrogens is 242 g/mol. The second kappa shape index (κ2) is 5.73. The Bertz CT molecular complexity index is 499. The number of urea groups is 1. The monoisotopic (exact) mass is 261 g/mol. The van der Waals surface area contributed by atoms with Crippen LogP contribution in [0.3, 0.4) is 0 Å². The summed E-state index contributed by atoms with van der Waals surface area (Å²) in [4.78, 5) is 13.9. The number of rotatable bonds is 1. The summed E-state index contributed by atoms with van der Waals surface area (Å²) in [7, 11) is 0. The van der Waals surface area contributed by atoms with E-state index in [-0.39, 0.29) is 11.9 Å². The molecule has 0 bridgehead atoms. The first kappa shape index (κ1) is 13.4. The van der Waals surface area contributed by atoms with E-state index in [9.17, 15) is 4.79 Å². The molecule has 2 amide bonds. The average molecular weight is 261 g/mol. The summed E-state index contributed by atoms with van der Waals surface area (Å²) in [5.41, 5.74) is 2.68. The van der Waals surface area contributed by atoms with E-state index in [4.69, 9.17) is 5.21 Å². The standard InChI is InChI=1S/C14H19N3O2/c1-10-4-3-5-12(8-10)15-14(18)17-7-6-13(16-19)11(2)9-17/h3-5,8,11,19H,6-7,9H2,1-2H3,(H,15,18)/b16-13+. The summed E-state index contributed by atoms with van der Waals surface area (Å²) in [6, 6.07) is 7.61. The largest absolute Gasteiger partial charge is 0.411 e. The highest BCUT2D eigenvalue weighted by Gasteiger charge is 2.25. The Morgan fingerprint density at radius 2 is 2.32 bits per heavy atom. The van der Waals surface area contributed by atoms with Crippen molar-refractivity contribution >= 4 is 17.4 Å². The van der Waals surface area contributed by atoms with Crippen LogP contribution in [-0.2, 0) is 0 Å². The topological polar surface area (TPSA) is 64.9 Å². The van der Waals surface area contributed by atoms with Gasteiger partial charge in [-0.2, -0.15) is 0 Å². The molecule has 1 aliphatic heterocycles. The van der Waals surface area contributed by atoms with Gasteiger partial charge in [0.15, 0.2) is 0 Å². The van der Waals surface area contributed by atoms with E-state index < -0.39 is 0 Å². The Morgan fingerprint density at radius 3 is 2.95 bits per heavy atom. The molecule has 1 fully saturated rings. The number of nitrogens with zero attached hydrogens (tertiary/aromatic N) is 2. The van der Waals surface area contributed by atoms with Crippen LogP contribution >= 0.6 is 0 Å². The van der Waals surface area contributed by atoms with Crippen LogP contribution < -0.4 is 5.32 Å². The van der Waals surface area contributed by atoms with E-state index in [0.29, 0.717) is 19.5 Å². The minimum atomic E-state index is -0.102. The Labute approximate surface area is 112 Å². The SMILES string of the molecule is Cc1cccc(NC(=O)N2CC/C(=N\O)C(C)C2)c1. The highest BCUT2D eigenvalue weighted by molar-refractivity contribution is 5.93. The quantitative estimate of drug-likeness (QED) is 0.603. The lowest BCUT2D eigenvalue weighted by Crippen LogP contribution is -2.45. The summed E-state index contributed by atoms with van der Waals surface area (Å²) < 4.78 is 0. The van der Waals surface area contributed by atoms with Crippen molar-refractivity contribution in [2.75, 3.05) is 18.4 Å². The second-order valence-electron chi connectivity index (χ2n) is 4.99. The van der Waals surface area contributed by atoms with Crippen LogP contribution in [-0.4, -0.2) is 34.9 Å². The molecule has 19 heavy (non-hydrogen) atoms. The van der Waals surface area contributed by atoms with Crippen molar-refractivity contribution in [1.82, 2.24) is 4.90 Å². The fourth-order valence-electron chi connectivity index (χ4n) is 2.28. The summed E-state index contributed by atoms with van der Waals surface area (Å²) in [5, 5.41) is 15.0. The maximum absolute atomic E-state index is 12.1. The number of amides is 2. The molecule has 1 aromatic rings. The third-order valence-electron chi connectivity index (χ3n) is 3.39. The van der Waals surface area contributed by atoms with Crippen molar-refractivity contribution in [2.45, 2.75) is 20.3 Å². The summed E-state index contributed by atoms with van der Waals surface area (Å²) in [6.45, 7) is 5.11.